The van der Waals surface area contributed by atoms with E-state index in [4.69, 9.17) is 9.84 Å². The Balaban J connectivity index is 0.000000281. The lowest BCUT2D eigenvalue weighted by Gasteiger charge is -2.18. The molecule has 0 spiro atoms. The van der Waals surface area contributed by atoms with Crippen LogP contribution in [0.3, 0.4) is 0 Å². The van der Waals surface area contributed by atoms with Gasteiger partial charge in [-0.1, -0.05) is 86.6 Å². The van der Waals surface area contributed by atoms with Crippen LogP contribution in [-0.4, -0.2) is 22.8 Å². The molecule has 0 saturated heterocycles. The van der Waals surface area contributed by atoms with Crippen LogP contribution in [0.15, 0.2) is 71.8 Å². The van der Waals surface area contributed by atoms with Gasteiger partial charge in [0.2, 0.25) is 0 Å². The minimum Gasteiger partial charge on any atom is -0.508 e. The van der Waals surface area contributed by atoms with E-state index in [2.05, 4.69) is 45.1 Å². The Hall–Kier alpha value is -3.01. The Labute approximate surface area is 224 Å². The SMILES string of the molecule is CC(C)=CCCC1=CCC(C(=O)O)CC1.CCCCCCCCOc1ccc(-c2ccc(O)cc2)cc1. The summed E-state index contributed by atoms with van der Waals surface area (Å²) in [4.78, 5) is 10.7. The van der Waals surface area contributed by atoms with E-state index >= 15 is 0 Å². The molecule has 37 heavy (non-hydrogen) atoms. The van der Waals surface area contributed by atoms with Gasteiger partial charge in [-0.2, -0.15) is 0 Å². The highest BCUT2D eigenvalue weighted by Gasteiger charge is 2.20. The summed E-state index contributed by atoms with van der Waals surface area (Å²) in [6, 6.07) is 15.4. The van der Waals surface area contributed by atoms with Crippen LogP contribution in [-0.2, 0) is 4.79 Å². The van der Waals surface area contributed by atoms with Gasteiger partial charge in [-0.3, -0.25) is 4.79 Å². The molecule has 0 radical (unpaired) electrons. The summed E-state index contributed by atoms with van der Waals surface area (Å²) in [6.45, 7) is 7.25. The standard InChI is InChI=1S/C20H26O2.C13H20O2/c1-2-3-4-5-6-7-16-22-20-14-10-18(11-15-20)17-8-12-19(21)13-9-17;1-10(2)4-3-5-11-6-8-12(9-7-11)13(14)15/h8-15,21H,2-7,16H2,1H3;4,6,12H,3,5,7-9H2,1-2H3,(H,14,15). The maximum atomic E-state index is 10.7. The molecule has 0 amide bonds. The van der Waals surface area contributed by atoms with Gasteiger partial charge in [-0.05, 0) is 87.8 Å². The highest BCUT2D eigenvalue weighted by atomic mass is 16.5. The lowest BCUT2D eigenvalue weighted by Crippen LogP contribution is -2.15. The van der Waals surface area contributed by atoms with Crippen LogP contribution in [0.2, 0.25) is 0 Å². The summed E-state index contributed by atoms with van der Waals surface area (Å²) < 4.78 is 5.78. The maximum absolute atomic E-state index is 10.7. The first kappa shape index (κ1) is 30.2. The van der Waals surface area contributed by atoms with E-state index in [0.29, 0.717) is 5.75 Å². The first-order chi connectivity index (χ1) is 17.9. The minimum atomic E-state index is -0.644. The van der Waals surface area contributed by atoms with Gasteiger partial charge >= 0.3 is 5.97 Å². The number of carboxylic acid groups (broad SMARTS) is 1. The van der Waals surface area contributed by atoms with Crippen molar-refractivity contribution in [3.05, 3.63) is 71.8 Å². The van der Waals surface area contributed by atoms with Gasteiger partial charge in [0, 0.05) is 0 Å². The quantitative estimate of drug-likeness (QED) is 0.210. The molecular weight excluding hydrogens is 460 g/mol. The number of phenols is 1. The molecule has 1 atom stereocenters. The molecule has 4 heteroatoms. The van der Waals surface area contributed by atoms with Crippen molar-refractivity contribution in [3.63, 3.8) is 0 Å². The predicted molar refractivity (Wildman–Crippen MR) is 154 cm³/mol. The summed E-state index contributed by atoms with van der Waals surface area (Å²) in [6.07, 6.45) is 16.7. The van der Waals surface area contributed by atoms with E-state index in [0.717, 1.165) is 62.0 Å². The second-order valence-corrected chi connectivity index (χ2v) is 10.2. The topological polar surface area (TPSA) is 66.8 Å². The third-order valence-electron chi connectivity index (χ3n) is 6.69. The molecule has 2 N–H and O–H groups in total. The lowest BCUT2D eigenvalue weighted by atomic mass is 9.88. The zero-order valence-electron chi connectivity index (χ0n) is 23.0. The number of hydrogen-bond acceptors (Lipinski definition) is 3. The number of carboxylic acids is 1. The number of allylic oxidation sites excluding steroid dienone is 4. The number of benzene rings is 2. The van der Waals surface area contributed by atoms with Crippen LogP contribution in [0.5, 0.6) is 11.5 Å². The van der Waals surface area contributed by atoms with Crippen molar-refractivity contribution >= 4 is 5.97 Å². The smallest absolute Gasteiger partial charge is 0.306 e. The molecule has 0 aliphatic heterocycles. The van der Waals surface area contributed by atoms with Crippen LogP contribution in [0.25, 0.3) is 11.1 Å². The number of aromatic hydroxyl groups is 1. The van der Waals surface area contributed by atoms with Gasteiger partial charge in [-0.15, -0.1) is 0 Å². The molecule has 4 nitrogen and oxygen atoms in total. The van der Waals surface area contributed by atoms with Crippen molar-refractivity contribution in [2.45, 2.75) is 91.4 Å². The third kappa shape index (κ3) is 12.7. The molecule has 0 aromatic heterocycles. The zero-order chi connectivity index (χ0) is 26.9. The van der Waals surface area contributed by atoms with Crippen molar-refractivity contribution in [3.8, 4) is 22.6 Å². The van der Waals surface area contributed by atoms with Crippen molar-refractivity contribution in [2.24, 2.45) is 5.92 Å². The van der Waals surface area contributed by atoms with Crippen molar-refractivity contribution in [1.29, 1.82) is 0 Å². The van der Waals surface area contributed by atoms with Gasteiger partial charge in [-0.25, -0.2) is 0 Å². The van der Waals surface area contributed by atoms with Crippen LogP contribution in [0, 0.1) is 5.92 Å². The van der Waals surface area contributed by atoms with E-state index in [1.165, 1.54) is 43.3 Å². The number of phenolic OH excluding ortho intramolecular Hbond substituents is 1. The van der Waals surface area contributed by atoms with Gasteiger partial charge in [0.05, 0.1) is 12.5 Å². The highest BCUT2D eigenvalue weighted by Crippen LogP contribution is 2.27. The number of aliphatic carboxylic acids is 1. The fraction of sp³-hybridized carbons (Fsp3) is 0.485. The number of unbranched alkanes of at least 4 members (excludes halogenated alkanes) is 5. The van der Waals surface area contributed by atoms with Crippen LogP contribution < -0.4 is 4.74 Å². The first-order valence-corrected chi connectivity index (χ1v) is 14.0. The van der Waals surface area contributed by atoms with Gasteiger partial charge < -0.3 is 14.9 Å². The van der Waals surface area contributed by atoms with Gasteiger partial charge in [0.15, 0.2) is 0 Å². The van der Waals surface area contributed by atoms with Gasteiger partial charge in [0.1, 0.15) is 11.5 Å². The Morgan fingerprint density at radius 1 is 0.946 bits per heavy atom. The third-order valence-corrected chi connectivity index (χ3v) is 6.69. The fourth-order valence-corrected chi connectivity index (χ4v) is 4.36. The maximum Gasteiger partial charge on any atom is 0.306 e. The van der Waals surface area contributed by atoms with Crippen molar-refractivity contribution < 1.29 is 19.7 Å². The molecule has 0 bridgehead atoms. The average molecular weight is 507 g/mol. The van der Waals surface area contributed by atoms with E-state index in [9.17, 15) is 9.90 Å². The highest BCUT2D eigenvalue weighted by molar-refractivity contribution is 5.70. The van der Waals surface area contributed by atoms with E-state index in [1.807, 2.05) is 24.3 Å². The molecule has 2 aromatic rings. The summed E-state index contributed by atoms with van der Waals surface area (Å²) in [5, 5.41) is 18.2. The molecule has 0 fully saturated rings. The monoisotopic (exact) mass is 506 g/mol. The average Bonchev–Trinajstić information content (AvgIpc) is 2.89. The molecule has 0 saturated carbocycles. The molecule has 1 aliphatic carbocycles. The Morgan fingerprint density at radius 2 is 1.57 bits per heavy atom. The Bertz CT molecular complexity index is 966. The number of carbonyl (C=O) groups is 1. The minimum absolute atomic E-state index is 0.141. The van der Waals surface area contributed by atoms with E-state index in [-0.39, 0.29) is 5.92 Å². The second kappa shape index (κ2) is 17.4. The predicted octanol–water partition coefficient (Wildman–Crippen LogP) is 9.34. The van der Waals surface area contributed by atoms with Crippen molar-refractivity contribution in [1.82, 2.24) is 0 Å². The van der Waals surface area contributed by atoms with Crippen LogP contribution in [0.1, 0.15) is 91.4 Å². The Morgan fingerprint density at radius 3 is 2.14 bits per heavy atom. The molecule has 1 aliphatic rings. The van der Waals surface area contributed by atoms with Gasteiger partial charge in [0.25, 0.3) is 0 Å². The van der Waals surface area contributed by atoms with E-state index in [1.54, 1.807) is 12.1 Å². The largest absolute Gasteiger partial charge is 0.508 e. The van der Waals surface area contributed by atoms with Crippen LogP contribution >= 0.6 is 0 Å². The summed E-state index contributed by atoms with van der Waals surface area (Å²) in [5.41, 5.74) is 5.02. The lowest BCUT2D eigenvalue weighted by molar-refractivity contribution is -0.141. The number of hydrogen-bond donors (Lipinski definition) is 2. The summed E-state index contributed by atoms with van der Waals surface area (Å²) in [5.74, 6) is 0.436. The molecule has 2 aromatic carbocycles. The molecule has 0 heterocycles. The van der Waals surface area contributed by atoms with Crippen LogP contribution in [0.4, 0.5) is 0 Å². The number of rotatable bonds is 13. The molecule has 3 rings (SSSR count). The second-order valence-electron chi connectivity index (χ2n) is 10.2. The normalized spacial score (nSPS) is 14.7. The molecule has 202 valence electrons. The summed E-state index contributed by atoms with van der Waals surface area (Å²) >= 11 is 0. The molecular formula is C33H46O4. The Kier molecular flexibility index (Phi) is 14.2. The first-order valence-electron chi connectivity index (χ1n) is 14.0. The summed E-state index contributed by atoms with van der Waals surface area (Å²) in [7, 11) is 0. The van der Waals surface area contributed by atoms with Crippen molar-refractivity contribution in [2.75, 3.05) is 6.61 Å². The van der Waals surface area contributed by atoms with E-state index < -0.39 is 5.97 Å². The fourth-order valence-electron chi connectivity index (χ4n) is 4.36. The molecule has 1 unspecified atom stereocenters. The number of ether oxygens (including phenoxy) is 1. The zero-order valence-corrected chi connectivity index (χ0v) is 23.0.